The summed E-state index contributed by atoms with van der Waals surface area (Å²) in [5.41, 5.74) is 0.511. The summed E-state index contributed by atoms with van der Waals surface area (Å²) in [7, 11) is 0. The molecule has 1 nitrogen and oxygen atoms in total. The van der Waals surface area contributed by atoms with Crippen molar-refractivity contribution in [1.82, 2.24) is 0 Å². The molecule has 0 heterocycles. The van der Waals surface area contributed by atoms with Gasteiger partial charge < -0.3 is 5.11 Å². The van der Waals surface area contributed by atoms with Crippen LogP contribution in [0.25, 0.3) is 0 Å². The molecule has 1 atom stereocenters. The molecule has 0 aliphatic rings. The largest absolute Gasteiger partial charge is 0.387 e. The molecule has 0 amide bonds. The molecule has 0 spiro atoms. The SMILES string of the molecule is CC(C)(c1ccccc1)C(O)c1cc(Cl)c(Br)cc1F. The molecule has 2 rings (SSSR count). The van der Waals surface area contributed by atoms with Gasteiger partial charge in [-0.1, -0.05) is 55.8 Å². The van der Waals surface area contributed by atoms with Gasteiger partial charge in [0, 0.05) is 15.5 Å². The predicted octanol–water partition coefficient (Wildman–Crippen LogP) is 5.25. The van der Waals surface area contributed by atoms with Crippen LogP contribution in [0.2, 0.25) is 5.02 Å². The molecule has 0 aliphatic heterocycles. The van der Waals surface area contributed by atoms with E-state index in [9.17, 15) is 9.50 Å². The number of halogens is 3. The molecular weight excluding hydrogens is 343 g/mol. The fraction of sp³-hybridized carbons (Fsp3) is 0.250. The van der Waals surface area contributed by atoms with Crippen molar-refractivity contribution >= 4 is 27.5 Å². The Bertz CT molecular complexity index is 613. The Morgan fingerprint density at radius 1 is 1.20 bits per heavy atom. The van der Waals surface area contributed by atoms with Crippen molar-refractivity contribution in [3.8, 4) is 0 Å². The van der Waals surface area contributed by atoms with Crippen LogP contribution in [0, 0.1) is 5.82 Å². The molecule has 0 aromatic heterocycles. The minimum Gasteiger partial charge on any atom is -0.387 e. The van der Waals surface area contributed by atoms with E-state index in [2.05, 4.69) is 15.9 Å². The van der Waals surface area contributed by atoms with Crippen molar-refractivity contribution < 1.29 is 9.50 Å². The van der Waals surface area contributed by atoms with Crippen LogP contribution in [0.1, 0.15) is 31.1 Å². The molecule has 106 valence electrons. The lowest BCUT2D eigenvalue weighted by atomic mass is 9.76. The molecule has 0 radical (unpaired) electrons. The number of rotatable bonds is 3. The highest BCUT2D eigenvalue weighted by atomic mass is 79.9. The fourth-order valence-electron chi connectivity index (χ4n) is 2.16. The summed E-state index contributed by atoms with van der Waals surface area (Å²) in [6, 6.07) is 12.3. The Morgan fingerprint density at radius 2 is 1.80 bits per heavy atom. The van der Waals surface area contributed by atoms with Gasteiger partial charge in [-0.2, -0.15) is 0 Å². The number of aliphatic hydroxyl groups is 1. The Labute approximate surface area is 131 Å². The first-order valence-corrected chi connectivity index (χ1v) is 7.39. The summed E-state index contributed by atoms with van der Waals surface area (Å²) in [6.07, 6.45) is -0.990. The number of benzene rings is 2. The lowest BCUT2D eigenvalue weighted by Gasteiger charge is -2.31. The molecule has 0 aliphatic carbocycles. The van der Waals surface area contributed by atoms with Crippen LogP contribution in [0.3, 0.4) is 0 Å². The van der Waals surface area contributed by atoms with Crippen LogP contribution in [0.15, 0.2) is 46.9 Å². The standard InChI is InChI=1S/C16H15BrClFO/c1-16(2,10-6-4-3-5-7-10)15(20)11-8-13(18)12(17)9-14(11)19/h3-9,15,20H,1-2H3. The average Bonchev–Trinajstić information content (AvgIpc) is 2.43. The Kier molecular flexibility index (Phi) is 4.52. The summed E-state index contributed by atoms with van der Waals surface area (Å²) in [6.45, 7) is 3.75. The summed E-state index contributed by atoms with van der Waals surface area (Å²) in [4.78, 5) is 0. The van der Waals surface area contributed by atoms with Crippen molar-refractivity contribution in [2.75, 3.05) is 0 Å². The molecule has 20 heavy (non-hydrogen) atoms. The Balaban J connectivity index is 2.45. The summed E-state index contributed by atoms with van der Waals surface area (Å²) >= 11 is 9.17. The molecule has 1 unspecified atom stereocenters. The van der Waals surface area contributed by atoms with Gasteiger partial charge in [0.05, 0.1) is 11.1 Å². The Hall–Kier alpha value is -0.900. The minimum atomic E-state index is -0.990. The molecule has 0 saturated carbocycles. The highest BCUT2D eigenvalue weighted by Gasteiger charge is 2.33. The third-order valence-electron chi connectivity index (χ3n) is 3.54. The van der Waals surface area contributed by atoms with E-state index in [0.717, 1.165) is 5.56 Å². The van der Waals surface area contributed by atoms with E-state index in [1.54, 1.807) is 0 Å². The van der Waals surface area contributed by atoms with Gasteiger partial charge in [0.2, 0.25) is 0 Å². The zero-order valence-electron chi connectivity index (χ0n) is 11.2. The lowest BCUT2D eigenvalue weighted by molar-refractivity contribution is 0.0966. The van der Waals surface area contributed by atoms with E-state index in [1.807, 2.05) is 44.2 Å². The number of aliphatic hydroxyl groups excluding tert-OH is 1. The smallest absolute Gasteiger partial charge is 0.130 e. The van der Waals surface area contributed by atoms with Crippen molar-refractivity contribution in [3.05, 3.63) is 68.9 Å². The Morgan fingerprint density at radius 3 is 2.40 bits per heavy atom. The van der Waals surface area contributed by atoms with Gasteiger partial charge in [0.1, 0.15) is 5.82 Å². The van der Waals surface area contributed by atoms with Crippen molar-refractivity contribution in [1.29, 1.82) is 0 Å². The van der Waals surface area contributed by atoms with E-state index < -0.39 is 17.3 Å². The van der Waals surface area contributed by atoms with Gasteiger partial charge in [-0.3, -0.25) is 0 Å². The van der Waals surface area contributed by atoms with Gasteiger partial charge in [0.25, 0.3) is 0 Å². The second kappa shape index (κ2) is 5.84. The van der Waals surface area contributed by atoms with E-state index in [1.165, 1.54) is 12.1 Å². The first-order chi connectivity index (χ1) is 9.34. The molecule has 0 saturated heterocycles. The molecule has 4 heteroatoms. The second-order valence-corrected chi connectivity index (χ2v) is 6.54. The van der Waals surface area contributed by atoms with Crippen LogP contribution in [0.4, 0.5) is 4.39 Å². The quantitative estimate of drug-likeness (QED) is 0.744. The highest BCUT2D eigenvalue weighted by Crippen LogP contribution is 2.39. The first-order valence-electron chi connectivity index (χ1n) is 6.22. The summed E-state index contributed by atoms with van der Waals surface area (Å²) in [5.74, 6) is -0.474. The molecule has 0 fully saturated rings. The average molecular weight is 358 g/mol. The summed E-state index contributed by atoms with van der Waals surface area (Å²) < 4.78 is 14.6. The third kappa shape index (κ3) is 2.90. The van der Waals surface area contributed by atoms with Crippen LogP contribution < -0.4 is 0 Å². The minimum absolute atomic E-state index is 0.201. The van der Waals surface area contributed by atoms with Crippen molar-refractivity contribution in [3.63, 3.8) is 0 Å². The lowest BCUT2D eigenvalue weighted by Crippen LogP contribution is -2.27. The fourth-order valence-corrected chi connectivity index (χ4v) is 2.65. The highest BCUT2D eigenvalue weighted by molar-refractivity contribution is 9.10. The van der Waals surface area contributed by atoms with E-state index in [4.69, 9.17) is 11.6 Å². The summed E-state index contributed by atoms with van der Waals surface area (Å²) in [5, 5.41) is 11.0. The molecular formula is C16H15BrClFO. The molecule has 2 aromatic carbocycles. The normalized spacial score (nSPS) is 13.3. The maximum Gasteiger partial charge on any atom is 0.130 e. The molecule has 0 bridgehead atoms. The predicted molar refractivity (Wildman–Crippen MR) is 83.5 cm³/mol. The van der Waals surface area contributed by atoms with Gasteiger partial charge in [-0.25, -0.2) is 4.39 Å². The zero-order chi connectivity index (χ0) is 14.9. The van der Waals surface area contributed by atoms with Crippen LogP contribution in [0.5, 0.6) is 0 Å². The van der Waals surface area contributed by atoms with E-state index in [-0.39, 0.29) is 5.56 Å². The van der Waals surface area contributed by atoms with Gasteiger partial charge >= 0.3 is 0 Å². The van der Waals surface area contributed by atoms with Crippen molar-refractivity contribution in [2.45, 2.75) is 25.4 Å². The maximum atomic E-state index is 14.1. The maximum absolute atomic E-state index is 14.1. The third-order valence-corrected chi connectivity index (χ3v) is 4.73. The second-order valence-electron chi connectivity index (χ2n) is 5.28. The van der Waals surface area contributed by atoms with E-state index >= 15 is 0 Å². The van der Waals surface area contributed by atoms with Crippen LogP contribution in [-0.4, -0.2) is 5.11 Å². The number of hydrogen-bond donors (Lipinski definition) is 1. The van der Waals surface area contributed by atoms with Gasteiger partial charge in [-0.05, 0) is 33.6 Å². The van der Waals surface area contributed by atoms with Gasteiger partial charge in [-0.15, -0.1) is 0 Å². The number of hydrogen-bond acceptors (Lipinski definition) is 1. The van der Waals surface area contributed by atoms with Crippen molar-refractivity contribution in [2.24, 2.45) is 0 Å². The van der Waals surface area contributed by atoms with Crippen LogP contribution >= 0.6 is 27.5 Å². The monoisotopic (exact) mass is 356 g/mol. The van der Waals surface area contributed by atoms with Gasteiger partial charge in [0.15, 0.2) is 0 Å². The molecule has 1 N–H and O–H groups in total. The van der Waals surface area contributed by atoms with E-state index in [0.29, 0.717) is 9.50 Å². The van der Waals surface area contributed by atoms with Crippen LogP contribution in [-0.2, 0) is 5.41 Å². The first kappa shape index (κ1) is 15.5. The zero-order valence-corrected chi connectivity index (χ0v) is 13.5. The molecule has 2 aromatic rings. The topological polar surface area (TPSA) is 20.2 Å².